The lowest BCUT2D eigenvalue weighted by molar-refractivity contribution is 0.356. The van der Waals surface area contributed by atoms with Crippen LogP contribution >= 0.6 is 0 Å². The van der Waals surface area contributed by atoms with Gasteiger partial charge in [0.1, 0.15) is 17.5 Å². The number of nitrogen functional groups attached to an aromatic ring is 1. The van der Waals surface area contributed by atoms with Crippen LogP contribution in [0.3, 0.4) is 0 Å². The van der Waals surface area contributed by atoms with E-state index in [0.29, 0.717) is 28.3 Å². The molecule has 0 aliphatic heterocycles. The van der Waals surface area contributed by atoms with Gasteiger partial charge < -0.3 is 15.2 Å². The molecule has 5 heteroatoms. The predicted molar refractivity (Wildman–Crippen MR) is 107 cm³/mol. The molecule has 2 aromatic carbocycles. The average Bonchev–Trinajstić information content (AvgIpc) is 2.68. The number of aryl methyl sites for hydroxylation is 2. The second kappa shape index (κ2) is 7.38. The molecule has 2 N–H and O–H groups in total. The fraction of sp³-hybridized carbons (Fsp3) is 0.182. The van der Waals surface area contributed by atoms with E-state index in [0.717, 1.165) is 22.3 Å². The van der Waals surface area contributed by atoms with Crippen molar-refractivity contribution in [2.45, 2.75) is 13.8 Å². The van der Waals surface area contributed by atoms with Crippen LogP contribution in [0, 0.1) is 25.2 Å². The minimum atomic E-state index is 0.191. The minimum Gasteiger partial charge on any atom is -0.493 e. The van der Waals surface area contributed by atoms with E-state index in [9.17, 15) is 5.26 Å². The molecule has 0 bridgehead atoms. The van der Waals surface area contributed by atoms with Crippen molar-refractivity contribution in [1.29, 1.82) is 5.26 Å². The fourth-order valence-corrected chi connectivity index (χ4v) is 3.14. The summed E-state index contributed by atoms with van der Waals surface area (Å²) in [5.74, 6) is 1.33. The first-order chi connectivity index (χ1) is 13.0. The molecule has 0 fully saturated rings. The lowest BCUT2D eigenvalue weighted by atomic mass is 9.95. The molecule has 1 aromatic heterocycles. The van der Waals surface area contributed by atoms with Crippen LogP contribution in [0.5, 0.6) is 11.5 Å². The summed E-state index contributed by atoms with van der Waals surface area (Å²) in [6.45, 7) is 4.05. The van der Waals surface area contributed by atoms with Gasteiger partial charge in [0, 0.05) is 16.7 Å². The SMILES string of the molecule is COc1cccc(-c2cc(-c3cc(C)ccc3C)nc(N)c2C#N)c1OC. The number of rotatable bonds is 4. The number of hydrogen-bond donors (Lipinski definition) is 1. The Kier molecular flexibility index (Phi) is 5.00. The second-order valence-electron chi connectivity index (χ2n) is 6.29. The van der Waals surface area contributed by atoms with Gasteiger partial charge in [-0.05, 0) is 37.6 Å². The first-order valence-corrected chi connectivity index (χ1v) is 8.49. The molecule has 0 spiro atoms. The number of para-hydroxylation sites is 1. The van der Waals surface area contributed by atoms with Crippen molar-refractivity contribution in [3.05, 3.63) is 59.2 Å². The van der Waals surface area contributed by atoms with Gasteiger partial charge in [0.05, 0.1) is 19.9 Å². The molecule has 3 rings (SSSR count). The number of benzene rings is 2. The van der Waals surface area contributed by atoms with Crippen molar-refractivity contribution < 1.29 is 9.47 Å². The molecule has 0 saturated heterocycles. The summed E-state index contributed by atoms with van der Waals surface area (Å²) < 4.78 is 11.0. The summed E-state index contributed by atoms with van der Waals surface area (Å²) in [5.41, 5.74) is 11.8. The number of nitriles is 1. The zero-order valence-electron chi connectivity index (χ0n) is 15.8. The van der Waals surface area contributed by atoms with Gasteiger partial charge in [-0.15, -0.1) is 0 Å². The molecule has 27 heavy (non-hydrogen) atoms. The lowest BCUT2D eigenvalue weighted by Crippen LogP contribution is -2.02. The van der Waals surface area contributed by atoms with Crippen LogP contribution in [0.15, 0.2) is 42.5 Å². The van der Waals surface area contributed by atoms with Gasteiger partial charge in [0.2, 0.25) is 0 Å². The van der Waals surface area contributed by atoms with Crippen LogP contribution < -0.4 is 15.2 Å². The quantitative estimate of drug-likeness (QED) is 0.741. The summed E-state index contributed by atoms with van der Waals surface area (Å²) in [5, 5.41) is 9.67. The first-order valence-electron chi connectivity index (χ1n) is 8.49. The Morgan fingerprint density at radius 2 is 1.74 bits per heavy atom. The predicted octanol–water partition coefficient (Wildman–Crippen LogP) is 4.50. The minimum absolute atomic E-state index is 0.191. The van der Waals surface area contributed by atoms with Crippen LogP contribution in [-0.2, 0) is 0 Å². The van der Waals surface area contributed by atoms with Gasteiger partial charge >= 0.3 is 0 Å². The van der Waals surface area contributed by atoms with Crippen molar-refractivity contribution in [1.82, 2.24) is 4.98 Å². The van der Waals surface area contributed by atoms with Crippen LogP contribution in [0.1, 0.15) is 16.7 Å². The summed E-state index contributed by atoms with van der Waals surface area (Å²) in [4.78, 5) is 4.48. The highest BCUT2D eigenvalue weighted by atomic mass is 16.5. The van der Waals surface area contributed by atoms with Crippen molar-refractivity contribution in [3.8, 4) is 40.0 Å². The topological polar surface area (TPSA) is 81.2 Å². The number of pyridine rings is 1. The number of ether oxygens (including phenoxy) is 2. The maximum Gasteiger partial charge on any atom is 0.168 e. The third kappa shape index (κ3) is 3.30. The smallest absolute Gasteiger partial charge is 0.168 e. The monoisotopic (exact) mass is 359 g/mol. The van der Waals surface area contributed by atoms with Gasteiger partial charge in [-0.25, -0.2) is 4.98 Å². The normalized spacial score (nSPS) is 10.3. The molecule has 136 valence electrons. The maximum absolute atomic E-state index is 9.67. The van der Waals surface area contributed by atoms with E-state index < -0.39 is 0 Å². The lowest BCUT2D eigenvalue weighted by Gasteiger charge is -2.16. The first kappa shape index (κ1) is 18.3. The molecule has 0 saturated carbocycles. The third-order valence-corrected chi connectivity index (χ3v) is 4.52. The van der Waals surface area contributed by atoms with Crippen LogP contribution in [0.4, 0.5) is 5.82 Å². The highest BCUT2D eigenvalue weighted by Crippen LogP contribution is 2.41. The van der Waals surface area contributed by atoms with Crippen LogP contribution in [0.25, 0.3) is 22.4 Å². The summed E-state index contributed by atoms with van der Waals surface area (Å²) in [6, 6.07) is 15.8. The van der Waals surface area contributed by atoms with E-state index in [1.54, 1.807) is 14.2 Å². The van der Waals surface area contributed by atoms with Crippen LogP contribution in [0.2, 0.25) is 0 Å². The van der Waals surface area contributed by atoms with E-state index in [2.05, 4.69) is 23.2 Å². The van der Waals surface area contributed by atoms with Gasteiger partial charge in [0.25, 0.3) is 0 Å². The number of methoxy groups -OCH3 is 2. The molecule has 3 aromatic rings. The average molecular weight is 359 g/mol. The zero-order chi connectivity index (χ0) is 19.6. The molecule has 0 aliphatic carbocycles. The number of hydrogen-bond acceptors (Lipinski definition) is 5. The van der Waals surface area contributed by atoms with Gasteiger partial charge in [-0.2, -0.15) is 5.26 Å². The molecule has 0 unspecified atom stereocenters. The van der Waals surface area contributed by atoms with Gasteiger partial charge in [-0.1, -0.05) is 29.8 Å². The highest BCUT2D eigenvalue weighted by Gasteiger charge is 2.19. The Balaban J connectivity index is 2.33. The molecular formula is C22H21N3O2. The van der Waals surface area contributed by atoms with E-state index >= 15 is 0 Å². The Bertz CT molecular complexity index is 1050. The number of aromatic nitrogens is 1. The van der Waals surface area contributed by atoms with E-state index in [1.165, 1.54) is 0 Å². The largest absolute Gasteiger partial charge is 0.493 e. The molecule has 0 aliphatic rings. The molecule has 5 nitrogen and oxygen atoms in total. The van der Waals surface area contributed by atoms with Crippen molar-refractivity contribution >= 4 is 5.82 Å². The maximum atomic E-state index is 9.67. The third-order valence-electron chi connectivity index (χ3n) is 4.52. The number of anilines is 1. The fourth-order valence-electron chi connectivity index (χ4n) is 3.14. The summed E-state index contributed by atoms with van der Waals surface area (Å²) in [7, 11) is 3.15. The van der Waals surface area contributed by atoms with Gasteiger partial charge in [0.15, 0.2) is 11.5 Å². The molecule has 0 atom stereocenters. The summed E-state index contributed by atoms with van der Waals surface area (Å²) in [6.07, 6.45) is 0. The highest BCUT2D eigenvalue weighted by molar-refractivity contribution is 5.84. The Morgan fingerprint density at radius 1 is 0.963 bits per heavy atom. The van der Waals surface area contributed by atoms with E-state index in [-0.39, 0.29) is 5.82 Å². The molecule has 0 amide bonds. The van der Waals surface area contributed by atoms with Gasteiger partial charge in [-0.3, -0.25) is 0 Å². The number of nitrogens with zero attached hydrogens (tertiary/aromatic N) is 2. The Labute approximate surface area is 159 Å². The summed E-state index contributed by atoms with van der Waals surface area (Å²) >= 11 is 0. The van der Waals surface area contributed by atoms with E-state index in [4.69, 9.17) is 15.2 Å². The molecular weight excluding hydrogens is 338 g/mol. The van der Waals surface area contributed by atoms with Crippen molar-refractivity contribution in [2.24, 2.45) is 0 Å². The van der Waals surface area contributed by atoms with E-state index in [1.807, 2.05) is 44.2 Å². The molecule has 0 radical (unpaired) electrons. The standard InChI is InChI=1S/C22H21N3O2/c1-13-8-9-14(2)16(10-13)19-11-17(18(12-23)22(24)25-19)15-6-5-7-20(26-3)21(15)27-4/h5-11H,1-4H3,(H2,24,25). The zero-order valence-corrected chi connectivity index (χ0v) is 15.8. The second-order valence-corrected chi connectivity index (χ2v) is 6.29. The Morgan fingerprint density at radius 3 is 2.41 bits per heavy atom. The van der Waals surface area contributed by atoms with Crippen LogP contribution in [-0.4, -0.2) is 19.2 Å². The van der Waals surface area contributed by atoms with Crippen molar-refractivity contribution in [2.75, 3.05) is 20.0 Å². The van der Waals surface area contributed by atoms with Crippen molar-refractivity contribution in [3.63, 3.8) is 0 Å². The Hall–Kier alpha value is -3.52. The number of nitrogens with two attached hydrogens (primary N) is 1. The molecule has 1 heterocycles.